The molecule has 0 spiro atoms. The lowest BCUT2D eigenvalue weighted by Gasteiger charge is -2.19. The number of carbonyl (C=O) groups is 1. The number of carbonyl (C=O) groups excluding carboxylic acids is 1. The molecular weight excluding hydrogens is 344 g/mol. The van der Waals surface area contributed by atoms with E-state index < -0.39 is 0 Å². The van der Waals surface area contributed by atoms with Gasteiger partial charge in [-0.3, -0.25) is 14.7 Å². The second kappa shape index (κ2) is 7.01. The van der Waals surface area contributed by atoms with Crippen LogP contribution in [-0.2, 0) is 6.42 Å². The molecule has 6 heteroatoms. The Balaban J connectivity index is 1.83. The maximum atomic E-state index is 13.2. The van der Waals surface area contributed by atoms with Crippen molar-refractivity contribution in [2.24, 2.45) is 0 Å². The number of hydrogen-bond donors (Lipinski definition) is 0. The predicted molar refractivity (Wildman–Crippen MR) is 104 cm³/mol. The number of para-hydroxylation sites is 1. The fraction of sp³-hybridized carbons (Fsp3) is 0.100. The van der Waals surface area contributed by atoms with Gasteiger partial charge in [-0.05, 0) is 36.2 Å². The quantitative estimate of drug-likeness (QED) is 0.532. The molecule has 0 fully saturated rings. The van der Waals surface area contributed by atoms with Crippen molar-refractivity contribution in [1.29, 1.82) is 0 Å². The van der Waals surface area contributed by atoms with Crippen molar-refractivity contribution in [1.82, 2.24) is 15.0 Å². The fourth-order valence-corrected chi connectivity index (χ4v) is 3.66. The minimum atomic E-state index is -0.249. The number of aryl methyl sites for hydroxylation is 1. The highest BCUT2D eigenvalue weighted by Gasteiger charge is 2.24. The summed E-state index contributed by atoms with van der Waals surface area (Å²) in [6.45, 7) is 2.10. The number of aromatic nitrogens is 3. The Labute approximate surface area is 155 Å². The molecule has 0 aliphatic heterocycles. The zero-order valence-electron chi connectivity index (χ0n) is 14.2. The largest absolute Gasteiger partial charge is 0.284 e. The van der Waals surface area contributed by atoms with E-state index in [0.29, 0.717) is 5.13 Å². The Morgan fingerprint density at radius 2 is 1.88 bits per heavy atom. The van der Waals surface area contributed by atoms with E-state index in [0.717, 1.165) is 22.3 Å². The second-order valence-corrected chi connectivity index (χ2v) is 6.72. The van der Waals surface area contributed by atoms with Gasteiger partial charge in [0.25, 0.3) is 5.91 Å². The number of rotatable bonds is 4. The van der Waals surface area contributed by atoms with Crippen LogP contribution in [0.5, 0.6) is 0 Å². The molecule has 0 aliphatic carbocycles. The van der Waals surface area contributed by atoms with Gasteiger partial charge in [-0.25, -0.2) is 9.97 Å². The molecule has 0 unspecified atom stereocenters. The third-order valence-electron chi connectivity index (χ3n) is 4.06. The van der Waals surface area contributed by atoms with E-state index in [2.05, 4.69) is 21.9 Å². The van der Waals surface area contributed by atoms with Crippen LogP contribution in [0.1, 0.15) is 23.0 Å². The zero-order valence-corrected chi connectivity index (χ0v) is 15.0. The Kier molecular flexibility index (Phi) is 4.41. The first-order valence-electron chi connectivity index (χ1n) is 8.31. The summed E-state index contributed by atoms with van der Waals surface area (Å²) in [4.78, 5) is 27.6. The lowest BCUT2D eigenvalue weighted by molar-refractivity contribution is 0.0994. The first-order chi connectivity index (χ1) is 12.8. The highest BCUT2D eigenvalue weighted by molar-refractivity contribution is 7.22. The van der Waals surface area contributed by atoms with Gasteiger partial charge in [-0.15, -0.1) is 0 Å². The Morgan fingerprint density at radius 3 is 2.58 bits per heavy atom. The van der Waals surface area contributed by atoms with E-state index in [1.54, 1.807) is 11.1 Å². The molecule has 0 aliphatic rings. The Morgan fingerprint density at radius 1 is 1.08 bits per heavy atom. The lowest BCUT2D eigenvalue weighted by Crippen LogP contribution is -2.26. The van der Waals surface area contributed by atoms with Crippen LogP contribution in [0, 0.1) is 0 Å². The number of thiazole rings is 1. The van der Waals surface area contributed by atoms with Crippen LogP contribution in [0.3, 0.4) is 0 Å². The molecule has 0 atom stereocenters. The van der Waals surface area contributed by atoms with Crippen molar-refractivity contribution in [3.63, 3.8) is 0 Å². The number of anilines is 2. The van der Waals surface area contributed by atoms with Gasteiger partial charge in [0, 0.05) is 12.4 Å². The van der Waals surface area contributed by atoms with Gasteiger partial charge in [-0.2, -0.15) is 0 Å². The van der Waals surface area contributed by atoms with Crippen molar-refractivity contribution >= 4 is 38.3 Å². The summed E-state index contributed by atoms with van der Waals surface area (Å²) in [6.07, 6.45) is 5.49. The van der Waals surface area contributed by atoms with Crippen molar-refractivity contribution in [2.75, 3.05) is 4.90 Å². The van der Waals surface area contributed by atoms with Crippen molar-refractivity contribution < 1.29 is 4.79 Å². The van der Waals surface area contributed by atoms with E-state index in [1.807, 2.05) is 48.5 Å². The van der Waals surface area contributed by atoms with E-state index in [-0.39, 0.29) is 11.6 Å². The van der Waals surface area contributed by atoms with Gasteiger partial charge in [0.2, 0.25) is 0 Å². The summed E-state index contributed by atoms with van der Waals surface area (Å²) in [5.41, 5.74) is 3.13. The number of nitrogens with zero attached hydrogens (tertiary/aromatic N) is 4. The van der Waals surface area contributed by atoms with Crippen LogP contribution in [0.2, 0.25) is 0 Å². The van der Waals surface area contributed by atoms with E-state index in [4.69, 9.17) is 0 Å². The molecule has 0 saturated carbocycles. The van der Waals surface area contributed by atoms with Crippen LogP contribution in [0.15, 0.2) is 67.1 Å². The van der Waals surface area contributed by atoms with Gasteiger partial charge < -0.3 is 0 Å². The first kappa shape index (κ1) is 16.4. The summed E-state index contributed by atoms with van der Waals surface area (Å²) >= 11 is 1.48. The van der Waals surface area contributed by atoms with Crippen LogP contribution < -0.4 is 4.90 Å². The summed E-state index contributed by atoms with van der Waals surface area (Å²) in [7, 11) is 0. The lowest BCUT2D eigenvalue weighted by atomic mass is 10.1. The summed E-state index contributed by atoms with van der Waals surface area (Å²) in [6, 6.07) is 15.8. The average Bonchev–Trinajstić information content (AvgIpc) is 3.13. The normalized spacial score (nSPS) is 10.8. The minimum Gasteiger partial charge on any atom is -0.266 e. The van der Waals surface area contributed by atoms with Gasteiger partial charge >= 0.3 is 0 Å². The van der Waals surface area contributed by atoms with Crippen LogP contribution >= 0.6 is 11.3 Å². The molecule has 4 aromatic rings. The molecule has 2 heterocycles. The van der Waals surface area contributed by atoms with Crippen molar-refractivity contribution in [2.45, 2.75) is 13.3 Å². The third-order valence-corrected chi connectivity index (χ3v) is 5.08. The molecule has 1 amide bonds. The number of hydrogen-bond acceptors (Lipinski definition) is 5. The maximum absolute atomic E-state index is 13.2. The Hall–Kier alpha value is -3.12. The standard InChI is InChI=1S/C20H16N4OS/c1-2-14-7-9-15(10-8-14)24(19(25)17-13-21-11-12-22-17)20-23-16-5-3-4-6-18(16)26-20/h3-13H,2H2,1H3. The summed E-state index contributed by atoms with van der Waals surface area (Å²) in [5, 5.41) is 0.617. The highest BCUT2D eigenvalue weighted by atomic mass is 32.1. The Bertz CT molecular complexity index is 1010. The molecular formula is C20H16N4OS. The molecule has 4 rings (SSSR count). The maximum Gasteiger partial charge on any atom is 0.284 e. The third kappa shape index (κ3) is 3.07. The second-order valence-electron chi connectivity index (χ2n) is 5.72. The van der Waals surface area contributed by atoms with Gasteiger partial charge in [-0.1, -0.05) is 42.5 Å². The number of amides is 1. The molecule has 5 nitrogen and oxygen atoms in total. The minimum absolute atomic E-state index is 0.249. The van der Waals surface area contributed by atoms with E-state index in [9.17, 15) is 4.79 Å². The molecule has 0 bridgehead atoms. The van der Waals surface area contributed by atoms with Gasteiger partial charge in [0.1, 0.15) is 5.69 Å². The SMILES string of the molecule is CCc1ccc(N(C(=O)c2cnccn2)c2nc3ccccc3s2)cc1. The summed E-state index contributed by atoms with van der Waals surface area (Å²) < 4.78 is 1.03. The topological polar surface area (TPSA) is 59.0 Å². The average molecular weight is 360 g/mol. The van der Waals surface area contributed by atoms with Crippen LogP contribution in [-0.4, -0.2) is 20.9 Å². The molecule has 128 valence electrons. The molecule has 0 N–H and O–H groups in total. The van der Waals surface area contributed by atoms with Crippen molar-refractivity contribution in [3.8, 4) is 0 Å². The van der Waals surface area contributed by atoms with E-state index >= 15 is 0 Å². The smallest absolute Gasteiger partial charge is 0.266 e. The van der Waals surface area contributed by atoms with Crippen molar-refractivity contribution in [3.05, 3.63) is 78.4 Å². The van der Waals surface area contributed by atoms with Gasteiger partial charge in [0.05, 0.1) is 22.1 Å². The molecule has 2 aromatic heterocycles. The first-order valence-corrected chi connectivity index (χ1v) is 9.13. The number of fused-ring (bicyclic) bond motifs is 1. The molecule has 0 radical (unpaired) electrons. The predicted octanol–water partition coefficient (Wildman–Crippen LogP) is 4.63. The molecule has 26 heavy (non-hydrogen) atoms. The van der Waals surface area contributed by atoms with Crippen LogP contribution in [0.4, 0.5) is 10.8 Å². The van der Waals surface area contributed by atoms with Gasteiger partial charge in [0.15, 0.2) is 5.13 Å². The fourth-order valence-electron chi connectivity index (χ4n) is 2.68. The monoisotopic (exact) mass is 360 g/mol. The summed E-state index contributed by atoms with van der Waals surface area (Å²) in [5.74, 6) is -0.249. The molecule has 0 saturated heterocycles. The number of benzene rings is 2. The highest BCUT2D eigenvalue weighted by Crippen LogP contribution is 2.34. The van der Waals surface area contributed by atoms with Crippen LogP contribution in [0.25, 0.3) is 10.2 Å². The molecule has 2 aromatic carbocycles. The van der Waals surface area contributed by atoms with E-state index in [1.165, 1.54) is 29.3 Å². The zero-order chi connectivity index (χ0) is 17.9.